The highest BCUT2D eigenvalue weighted by atomic mass is 32.2. The monoisotopic (exact) mass is 491 g/mol. The van der Waals surface area contributed by atoms with Crippen molar-refractivity contribution < 1.29 is 27.5 Å². The maximum absolute atomic E-state index is 12.6. The van der Waals surface area contributed by atoms with Crippen LogP contribution in [0.5, 0.6) is 0 Å². The number of hydrogen-bond donors (Lipinski definition) is 2. The Labute approximate surface area is 196 Å². The van der Waals surface area contributed by atoms with Gasteiger partial charge in [-0.3, -0.25) is 14.4 Å². The second-order valence-corrected chi connectivity index (χ2v) is 10.3. The first-order chi connectivity index (χ1) is 15.7. The molecule has 2 amide bonds. The first-order valence-corrected chi connectivity index (χ1v) is 12.7. The van der Waals surface area contributed by atoms with Gasteiger partial charge in [-0.15, -0.1) is 11.8 Å². The first-order valence-electron chi connectivity index (χ1n) is 10.4. The molecule has 1 aliphatic rings. The van der Waals surface area contributed by atoms with Gasteiger partial charge in [-0.1, -0.05) is 32.0 Å². The van der Waals surface area contributed by atoms with Gasteiger partial charge >= 0.3 is 5.97 Å². The number of ether oxygens (including phenoxy) is 1. The van der Waals surface area contributed by atoms with E-state index in [2.05, 4.69) is 10.6 Å². The number of carbonyl (C=O) groups is 3. The second-order valence-electron chi connectivity index (χ2n) is 7.12. The molecule has 0 radical (unpaired) electrons. The molecule has 2 N–H and O–H groups in total. The van der Waals surface area contributed by atoms with E-state index in [1.165, 1.54) is 34.3 Å². The van der Waals surface area contributed by atoms with Crippen LogP contribution in [0.3, 0.4) is 0 Å². The minimum atomic E-state index is -3.67. The number of sulfonamides is 1. The molecule has 1 atom stereocenters. The molecule has 11 heteroatoms. The van der Waals surface area contributed by atoms with Crippen LogP contribution in [-0.2, 0) is 29.1 Å². The van der Waals surface area contributed by atoms with Gasteiger partial charge in [-0.2, -0.15) is 4.31 Å². The van der Waals surface area contributed by atoms with Gasteiger partial charge in [0.25, 0.3) is 5.91 Å². The Morgan fingerprint density at radius 1 is 1.12 bits per heavy atom. The molecular formula is C22H25N3O6S2. The number of hydrogen-bond acceptors (Lipinski definition) is 7. The molecule has 0 fully saturated rings. The van der Waals surface area contributed by atoms with Crippen molar-refractivity contribution in [2.45, 2.75) is 35.3 Å². The van der Waals surface area contributed by atoms with Crippen molar-refractivity contribution in [2.75, 3.05) is 30.3 Å². The van der Waals surface area contributed by atoms with E-state index in [9.17, 15) is 22.8 Å². The molecule has 0 aliphatic carbocycles. The molecule has 1 aliphatic heterocycles. The van der Waals surface area contributed by atoms with E-state index in [1.807, 2.05) is 18.2 Å². The van der Waals surface area contributed by atoms with Gasteiger partial charge < -0.3 is 15.4 Å². The third-order valence-electron chi connectivity index (χ3n) is 4.88. The topological polar surface area (TPSA) is 122 Å². The average Bonchev–Trinajstić information content (AvgIpc) is 2.79. The van der Waals surface area contributed by atoms with Crippen LogP contribution in [0, 0.1) is 0 Å². The van der Waals surface area contributed by atoms with Crippen molar-refractivity contribution in [3.05, 3.63) is 48.5 Å². The number of para-hydroxylation sites is 1. The zero-order valence-corrected chi connectivity index (χ0v) is 19.9. The lowest BCUT2D eigenvalue weighted by Crippen LogP contribution is -2.32. The molecule has 1 unspecified atom stereocenters. The van der Waals surface area contributed by atoms with Crippen LogP contribution in [0.25, 0.3) is 0 Å². The molecular weight excluding hydrogens is 466 g/mol. The first kappa shape index (κ1) is 24.7. The molecule has 0 aromatic heterocycles. The Hall–Kier alpha value is -2.89. The normalized spacial score (nSPS) is 15.5. The predicted octanol–water partition coefficient (Wildman–Crippen LogP) is 2.70. The third kappa shape index (κ3) is 6.12. The van der Waals surface area contributed by atoms with Crippen molar-refractivity contribution in [1.82, 2.24) is 4.31 Å². The summed E-state index contributed by atoms with van der Waals surface area (Å²) in [4.78, 5) is 37.5. The average molecular weight is 492 g/mol. The quantitative estimate of drug-likeness (QED) is 0.517. The predicted molar refractivity (Wildman–Crippen MR) is 125 cm³/mol. The highest BCUT2D eigenvalue weighted by Gasteiger charge is 2.29. The SMILES string of the molecule is CCN(CC)S(=O)(=O)c1cccc(NC(=O)COC(=O)CC2Sc3ccccc3NC2=O)c1. The van der Waals surface area contributed by atoms with Gasteiger partial charge in [0.2, 0.25) is 15.9 Å². The number of carbonyl (C=O) groups excluding carboxylic acids is 3. The van der Waals surface area contributed by atoms with Crippen molar-refractivity contribution in [2.24, 2.45) is 0 Å². The van der Waals surface area contributed by atoms with Gasteiger partial charge in [0.15, 0.2) is 6.61 Å². The third-order valence-corrected chi connectivity index (χ3v) is 8.20. The summed E-state index contributed by atoms with van der Waals surface area (Å²) in [6.45, 7) is 3.59. The molecule has 0 saturated heterocycles. The smallest absolute Gasteiger partial charge is 0.307 e. The number of fused-ring (bicyclic) bond motifs is 1. The summed E-state index contributed by atoms with van der Waals surface area (Å²) in [7, 11) is -3.67. The molecule has 33 heavy (non-hydrogen) atoms. The maximum Gasteiger partial charge on any atom is 0.307 e. The molecule has 1 heterocycles. The van der Waals surface area contributed by atoms with Gasteiger partial charge in [0, 0.05) is 23.7 Å². The van der Waals surface area contributed by atoms with Gasteiger partial charge in [-0.05, 0) is 30.3 Å². The van der Waals surface area contributed by atoms with E-state index >= 15 is 0 Å². The Balaban J connectivity index is 1.54. The van der Waals surface area contributed by atoms with Crippen LogP contribution >= 0.6 is 11.8 Å². The summed E-state index contributed by atoms with van der Waals surface area (Å²) >= 11 is 1.27. The Bertz CT molecular complexity index is 1150. The molecule has 3 rings (SSSR count). The zero-order chi connectivity index (χ0) is 24.0. The Morgan fingerprint density at radius 2 is 1.85 bits per heavy atom. The highest BCUT2D eigenvalue weighted by molar-refractivity contribution is 8.01. The highest BCUT2D eigenvalue weighted by Crippen LogP contribution is 2.36. The van der Waals surface area contributed by atoms with Crippen LogP contribution in [0.4, 0.5) is 11.4 Å². The van der Waals surface area contributed by atoms with E-state index in [0.29, 0.717) is 18.8 Å². The Kier molecular flexibility index (Phi) is 8.11. The van der Waals surface area contributed by atoms with Crippen LogP contribution in [0.1, 0.15) is 20.3 Å². The Morgan fingerprint density at radius 3 is 2.58 bits per heavy atom. The second kappa shape index (κ2) is 10.8. The van der Waals surface area contributed by atoms with Crippen molar-refractivity contribution in [1.29, 1.82) is 0 Å². The van der Waals surface area contributed by atoms with E-state index in [0.717, 1.165) is 4.90 Å². The number of benzene rings is 2. The number of anilines is 2. The summed E-state index contributed by atoms with van der Waals surface area (Å²) in [6, 6.07) is 13.1. The number of amides is 2. The molecule has 176 valence electrons. The van der Waals surface area contributed by atoms with Crippen molar-refractivity contribution >= 4 is 50.9 Å². The fourth-order valence-electron chi connectivity index (χ4n) is 3.23. The van der Waals surface area contributed by atoms with Crippen molar-refractivity contribution in [3.63, 3.8) is 0 Å². The molecule has 9 nitrogen and oxygen atoms in total. The van der Waals surface area contributed by atoms with Crippen LogP contribution in [-0.4, -0.2) is 55.5 Å². The molecule has 0 saturated carbocycles. The summed E-state index contributed by atoms with van der Waals surface area (Å²) in [5.74, 6) is -1.60. The molecule has 0 spiro atoms. The minimum absolute atomic E-state index is 0.0570. The number of thioether (sulfide) groups is 1. The number of esters is 1. The van der Waals surface area contributed by atoms with Gasteiger partial charge in [0.05, 0.1) is 22.3 Å². The molecule has 0 bridgehead atoms. The summed E-state index contributed by atoms with van der Waals surface area (Å²) < 4.78 is 31.6. The van der Waals surface area contributed by atoms with Crippen molar-refractivity contribution in [3.8, 4) is 0 Å². The largest absolute Gasteiger partial charge is 0.456 e. The van der Waals surface area contributed by atoms with E-state index in [4.69, 9.17) is 4.74 Å². The number of rotatable bonds is 9. The lowest BCUT2D eigenvalue weighted by molar-refractivity contribution is -0.147. The minimum Gasteiger partial charge on any atom is -0.456 e. The van der Waals surface area contributed by atoms with Crippen LogP contribution in [0.15, 0.2) is 58.3 Å². The standard InChI is InChI=1S/C22H25N3O6S2/c1-3-25(4-2)33(29,30)16-9-7-8-15(12-16)23-20(26)14-31-21(27)13-19-22(28)24-17-10-5-6-11-18(17)32-19/h5-12,19H,3-4,13-14H2,1-2H3,(H,23,26)(H,24,28). The van der Waals surface area contributed by atoms with E-state index < -0.39 is 33.8 Å². The lowest BCUT2D eigenvalue weighted by atomic mass is 10.2. The van der Waals surface area contributed by atoms with E-state index in [-0.39, 0.29) is 22.9 Å². The van der Waals surface area contributed by atoms with Gasteiger partial charge in [0.1, 0.15) is 0 Å². The summed E-state index contributed by atoms with van der Waals surface area (Å²) in [5.41, 5.74) is 0.963. The fraction of sp³-hybridized carbons (Fsp3) is 0.318. The summed E-state index contributed by atoms with van der Waals surface area (Å²) in [5, 5.41) is 4.62. The lowest BCUT2D eigenvalue weighted by Gasteiger charge is -2.23. The zero-order valence-electron chi connectivity index (χ0n) is 18.2. The van der Waals surface area contributed by atoms with Gasteiger partial charge in [-0.25, -0.2) is 8.42 Å². The fourth-order valence-corrected chi connectivity index (χ4v) is 5.83. The maximum atomic E-state index is 12.6. The van der Waals surface area contributed by atoms with Crippen LogP contribution < -0.4 is 10.6 Å². The summed E-state index contributed by atoms with van der Waals surface area (Å²) in [6.07, 6.45) is -0.185. The van der Waals surface area contributed by atoms with E-state index in [1.54, 1.807) is 26.0 Å². The number of nitrogens with zero attached hydrogens (tertiary/aromatic N) is 1. The molecule has 2 aromatic rings. The number of nitrogens with one attached hydrogen (secondary N) is 2. The van der Waals surface area contributed by atoms with Crippen LogP contribution in [0.2, 0.25) is 0 Å². The molecule has 2 aromatic carbocycles.